The number of carbonyl (C=O) groups excluding carboxylic acids is 2. The fraction of sp³-hybridized carbons (Fsp3) is 0.357. The van der Waals surface area contributed by atoms with Crippen molar-refractivity contribution in [2.45, 2.75) is 6.42 Å². The number of thiophene rings is 1. The molecule has 1 aromatic rings. The molecule has 0 aromatic carbocycles. The summed E-state index contributed by atoms with van der Waals surface area (Å²) >= 11 is 4.88. The van der Waals surface area contributed by atoms with Crippen molar-refractivity contribution in [1.29, 1.82) is 0 Å². The molecule has 6 heteroatoms. The molecule has 0 N–H and O–H groups in total. The van der Waals surface area contributed by atoms with E-state index in [9.17, 15) is 9.59 Å². The topological polar surface area (TPSA) is 49.7 Å². The largest absolute Gasteiger partial charge is 0.272 e. The first-order chi connectivity index (χ1) is 9.65. The Hall–Kier alpha value is -1.27. The van der Waals surface area contributed by atoms with Gasteiger partial charge in [0.05, 0.1) is 18.1 Å². The van der Waals surface area contributed by atoms with Crippen molar-refractivity contribution in [1.82, 2.24) is 5.01 Å². The van der Waals surface area contributed by atoms with Crippen molar-refractivity contribution in [3.8, 4) is 0 Å². The van der Waals surface area contributed by atoms with Gasteiger partial charge in [-0.2, -0.15) is 10.1 Å². The molecule has 2 aliphatic carbocycles. The van der Waals surface area contributed by atoms with Crippen LogP contribution >= 0.6 is 27.3 Å². The molecule has 20 heavy (non-hydrogen) atoms. The van der Waals surface area contributed by atoms with Gasteiger partial charge in [-0.15, -0.1) is 11.3 Å². The second-order valence-electron chi connectivity index (χ2n) is 5.40. The Bertz CT molecular complexity index is 636. The Labute approximate surface area is 128 Å². The molecule has 2 fully saturated rings. The number of rotatable bonds is 2. The third-order valence-corrected chi connectivity index (χ3v) is 5.96. The van der Waals surface area contributed by atoms with Crippen LogP contribution in [0.4, 0.5) is 0 Å². The van der Waals surface area contributed by atoms with Crippen LogP contribution in [0.1, 0.15) is 11.3 Å². The van der Waals surface area contributed by atoms with E-state index in [0.717, 1.165) is 20.8 Å². The van der Waals surface area contributed by atoms with Gasteiger partial charge in [0.1, 0.15) is 0 Å². The van der Waals surface area contributed by atoms with Crippen LogP contribution in [0.5, 0.6) is 0 Å². The van der Waals surface area contributed by atoms with Crippen molar-refractivity contribution in [3.63, 3.8) is 0 Å². The zero-order valence-corrected chi connectivity index (χ0v) is 12.8. The van der Waals surface area contributed by atoms with Crippen LogP contribution in [-0.2, 0) is 9.59 Å². The number of hydrogen-bond acceptors (Lipinski definition) is 4. The SMILES string of the molecule is O=C1[C@@H]2[C@H](C(=O)N1N=Cc1cc(Br)cs1)[C@H]1C=C[C@H]2C1. The fourth-order valence-electron chi connectivity index (χ4n) is 3.51. The normalized spacial score (nSPS) is 34.8. The van der Waals surface area contributed by atoms with Crippen LogP contribution in [0.2, 0.25) is 0 Å². The van der Waals surface area contributed by atoms with Crippen molar-refractivity contribution in [3.05, 3.63) is 32.9 Å². The molecular formula is C14H11BrN2O2S. The summed E-state index contributed by atoms with van der Waals surface area (Å²) in [4.78, 5) is 25.6. The van der Waals surface area contributed by atoms with Crippen molar-refractivity contribution in [2.75, 3.05) is 0 Å². The Morgan fingerprint density at radius 2 is 1.90 bits per heavy atom. The van der Waals surface area contributed by atoms with E-state index in [2.05, 4.69) is 33.2 Å². The van der Waals surface area contributed by atoms with Gasteiger partial charge in [0.25, 0.3) is 11.8 Å². The minimum absolute atomic E-state index is 0.135. The third-order valence-electron chi connectivity index (χ3n) is 4.34. The lowest BCUT2D eigenvalue weighted by Crippen LogP contribution is -2.28. The number of hydrogen-bond donors (Lipinski definition) is 0. The molecule has 1 aliphatic heterocycles. The molecule has 1 saturated carbocycles. The Morgan fingerprint density at radius 1 is 1.25 bits per heavy atom. The smallest absolute Gasteiger partial charge is 0.254 e. The molecule has 1 saturated heterocycles. The van der Waals surface area contributed by atoms with Gasteiger partial charge in [-0.3, -0.25) is 9.59 Å². The molecule has 3 aliphatic rings. The van der Waals surface area contributed by atoms with Gasteiger partial charge < -0.3 is 0 Å². The first-order valence-electron chi connectivity index (χ1n) is 6.49. The molecule has 4 rings (SSSR count). The zero-order chi connectivity index (χ0) is 13.9. The van der Waals surface area contributed by atoms with E-state index in [1.165, 1.54) is 11.3 Å². The van der Waals surface area contributed by atoms with Gasteiger partial charge in [0, 0.05) is 14.7 Å². The number of fused-ring (bicyclic) bond motifs is 5. The van der Waals surface area contributed by atoms with Crippen LogP contribution < -0.4 is 0 Å². The third kappa shape index (κ3) is 1.67. The lowest BCUT2D eigenvalue weighted by Gasteiger charge is -2.13. The highest BCUT2D eigenvalue weighted by atomic mass is 79.9. The van der Waals surface area contributed by atoms with E-state index in [0.29, 0.717) is 0 Å². The number of allylic oxidation sites excluding steroid dienone is 2. The van der Waals surface area contributed by atoms with Crippen molar-refractivity contribution in [2.24, 2.45) is 28.8 Å². The Balaban J connectivity index is 1.60. The van der Waals surface area contributed by atoms with E-state index >= 15 is 0 Å². The molecule has 2 bridgehead atoms. The lowest BCUT2D eigenvalue weighted by molar-refractivity contribution is -0.140. The second kappa shape index (κ2) is 4.36. The van der Waals surface area contributed by atoms with E-state index in [-0.39, 0.29) is 35.5 Å². The quantitative estimate of drug-likeness (QED) is 0.467. The Morgan fingerprint density at radius 3 is 2.45 bits per heavy atom. The Kier molecular flexibility index (Phi) is 2.72. The zero-order valence-electron chi connectivity index (χ0n) is 10.4. The highest BCUT2D eigenvalue weighted by Gasteiger charge is 2.59. The number of hydrazone groups is 1. The maximum absolute atomic E-state index is 12.4. The number of halogens is 1. The van der Waals surface area contributed by atoms with Crippen LogP contribution in [0.3, 0.4) is 0 Å². The average molecular weight is 351 g/mol. The van der Waals surface area contributed by atoms with Crippen LogP contribution in [0.15, 0.2) is 33.2 Å². The standard InChI is InChI=1S/C14H11BrN2O2S/c15-9-4-10(20-6-9)5-16-17-13(18)11-7-1-2-8(3-7)12(11)14(17)19/h1-2,4-8,11-12H,3H2/t7-,8-,11-,12+/m0/s1. The van der Waals surface area contributed by atoms with E-state index in [1.807, 2.05) is 11.4 Å². The summed E-state index contributed by atoms with van der Waals surface area (Å²) in [6, 6.07) is 1.91. The van der Waals surface area contributed by atoms with E-state index in [1.54, 1.807) is 6.21 Å². The summed E-state index contributed by atoms with van der Waals surface area (Å²) in [5.41, 5.74) is 0. The van der Waals surface area contributed by atoms with Crippen molar-refractivity contribution >= 4 is 45.3 Å². The summed E-state index contributed by atoms with van der Waals surface area (Å²) in [5.74, 6) is -0.156. The molecular weight excluding hydrogens is 340 g/mol. The molecule has 0 unspecified atom stereocenters. The first kappa shape index (κ1) is 12.5. The molecule has 0 radical (unpaired) electrons. The molecule has 4 nitrogen and oxygen atoms in total. The molecule has 2 heterocycles. The van der Waals surface area contributed by atoms with E-state index < -0.39 is 0 Å². The predicted octanol–water partition coefficient (Wildman–Crippen LogP) is 2.65. The molecule has 0 spiro atoms. The minimum atomic E-state index is -0.176. The van der Waals surface area contributed by atoms with Crippen LogP contribution in [0.25, 0.3) is 0 Å². The molecule has 2 amide bonds. The average Bonchev–Trinajstić information content (AvgIpc) is 3.15. The summed E-state index contributed by atoms with van der Waals surface area (Å²) in [5, 5.41) is 7.14. The predicted molar refractivity (Wildman–Crippen MR) is 79.2 cm³/mol. The molecule has 4 atom stereocenters. The lowest BCUT2D eigenvalue weighted by atomic mass is 9.85. The fourth-order valence-corrected chi connectivity index (χ4v) is 4.81. The number of carbonyl (C=O) groups is 2. The minimum Gasteiger partial charge on any atom is -0.272 e. The van der Waals surface area contributed by atoms with Gasteiger partial charge in [-0.05, 0) is 40.3 Å². The summed E-state index contributed by atoms with van der Waals surface area (Å²) in [6.45, 7) is 0. The maximum Gasteiger partial charge on any atom is 0.254 e. The molecule has 1 aromatic heterocycles. The van der Waals surface area contributed by atoms with Crippen LogP contribution in [0, 0.1) is 23.7 Å². The highest BCUT2D eigenvalue weighted by molar-refractivity contribution is 9.10. The first-order valence-corrected chi connectivity index (χ1v) is 8.16. The maximum atomic E-state index is 12.4. The van der Waals surface area contributed by atoms with Gasteiger partial charge in [-0.1, -0.05) is 12.2 Å². The molecule has 102 valence electrons. The van der Waals surface area contributed by atoms with Gasteiger partial charge in [0.15, 0.2) is 0 Å². The number of nitrogens with zero attached hydrogens (tertiary/aromatic N) is 2. The summed E-state index contributed by atoms with van der Waals surface area (Å²) in [7, 11) is 0. The second-order valence-corrected chi connectivity index (χ2v) is 7.26. The van der Waals surface area contributed by atoms with Crippen LogP contribution in [-0.4, -0.2) is 23.0 Å². The number of imide groups is 1. The van der Waals surface area contributed by atoms with E-state index in [4.69, 9.17) is 0 Å². The van der Waals surface area contributed by atoms with Gasteiger partial charge in [-0.25, -0.2) is 0 Å². The monoisotopic (exact) mass is 350 g/mol. The summed E-state index contributed by atoms with van der Waals surface area (Å²) < 4.78 is 0.974. The van der Waals surface area contributed by atoms with Gasteiger partial charge in [0.2, 0.25) is 0 Å². The summed E-state index contributed by atoms with van der Waals surface area (Å²) in [6.07, 6.45) is 6.70. The highest BCUT2D eigenvalue weighted by Crippen LogP contribution is 2.52. The van der Waals surface area contributed by atoms with Gasteiger partial charge >= 0.3 is 0 Å². The number of amides is 2. The van der Waals surface area contributed by atoms with Crippen molar-refractivity contribution < 1.29 is 9.59 Å².